The number of rotatable bonds is 23. The Balaban J connectivity index is 1.53. The van der Waals surface area contributed by atoms with Crippen LogP contribution in [0.3, 0.4) is 0 Å². The van der Waals surface area contributed by atoms with E-state index in [1.54, 1.807) is 0 Å². The zero-order valence-corrected chi connectivity index (χ0v) is 32.5. The number of carbonyl (C=O) groups excluding carboxylic acids is 1. The fourth-order valence-electron chi connectivity index (χ4n) is 8.26. The molecule has 0 saturated carbocycles. The van der Waals surface area contributed by atoms with E-state index in [0.29, 0.717) is 5.33 Å². The third kappa shape index (κ3) is 9.58. The molecule has 1 aliphatic carbocycles. The predicted octanol–water partition coefficient (Wildman–Crippen LogP) is 15.1. The lowest BCUT2D eigenvalue weighted by atomic mass is 9.70. The van der Waals surface area contributed by atoms with E-state index in [2.05, 4.69) is 132 Å². The lowest BCUT2D eigenvalue weighted by Gasteiger charge is -2.34. The van der Waals surface area contributed by atoms with Gasteiger partial charge in [-0.05, 0) is 77.6 Å². The highest BCUT2D eigenvalue weighted by atomic mass is 79.9. The van der Waals surface area contributed by atoms with Crippen molar-refractivity contribution in [2.75, 3.05) is 10.2 Å². The summed E-state index contributed by atoms with van der Waals surface area (Å²) in [5.74, 6) is 0.164. The molecule has 5 rings (SSSR count). The molecule has 0 unspecified atom stereocenters. The van der Waals surface area contributed by atoms with Crippen LogP contribution in [0.2, 0.25) is 0 Å². The summed E-state index contributed by atoms with van der Waals surface area (Å²) in [6.45, 7) is 4.59. The van der Waals surface area contributed by atoms with Crippen molar-refractivity contribution in [1.29, 1.82) is 0 Å². The second-order valence-electron chi connectivity index (χ2n) is 14.6. The number of ketones is 1. The minimum atomic E-state index is -0.104. The SMILES string of the molecule is CCCCCCCCCCC1(CCCCCCCCCC)c2cc(C(=O)CBr)ccc2-c2ccc(N(c3ccccc3)c3ccccc3)cc21. The molecule has 0 heterocycles. The van der Waals surface area contributed by atoms with E-state index < -0.39 is 0 Å². The highest BCUT2D eigenvalue weighted by molar-refractivity contribution is 9.09. The van der Waals surface area contributed by atoms with Gasteiger partial charge in [-0.2, -0.15) is 0 Å². The molecule has 2 nitrogen and oxygen atoms in total. The second-order valence-corrected chi connectivity index (χ2v) is 15.1. The molecule has 0 radical (unpaired) electrons. The number of carbonyl (C=O) groups is 1. The summed E-state index contributed by atoms with van der Waals surface area (Å²) in [4.78, 5) is 15.5. The molecular formula is C47H60BrNO. The predicted molar refractivity (Wildman–Crippen MR) is 220 cm³/mol. The molecule has 0 saturated heterocycles. The minimum Gasteiger partial charge on any atom is -0.310 e. The van der Waals surface area contributed by atoms with E-state index in [1.165, 1.54) is 131 Å². The Morgan fingerprint density at radius 1 is 0.520 bits per heavy atom. The summed E-state index contributed by atoms with van der Waals surface area (Å²) < 4.78 is 0. The number of halogens is 1. The Hall–Kier alpha value is -3.17. The van der Waals surface area contributed by atoms with E-state index in [-0.39, 0.29) is 11.2 Å². The molecule has 266 valence electrons. The van der Waals surface area contributed by atoms with Crippen LogP contribution >= 0.6 is 15.9 Å². The summed E-state index contributed by atoms with van der Waals surface area (Å²) in [6, 6.07) is 35.3. The van der Waals surface area contributed by atoms with Crippen LogP contribution < -0.4 is 4.90 Å². The van der Waals surface area contributed by atoms with Gasteiger partial charge in [-0.25, -0.2) is 0 Å². The zero-order chi connectivity index (χ0) is 35.0. The second kappa shape index (κ2) is 20.0. The van der Waals surface area contributed by atoms with Crippen molar-refractivity contribution in [3.8, 4) is 11.1 Å². The maximum Gasteiger partial charge on any atom is 0.173 e. The number of hydrogen-bond acceptors (Lipinski definition) is 2. The van der Waals surface area contributed by atoms with Crippen molar-refractivity contribution >= 4 is 38.8 Å². The lowest BCUT2D eigenvalue weighted by Crippen LogP contribution is -2.26. The van der Waals surface area contributed by atoms with Crippen LogP contribution in [0.5, 0.6) is 0 Å². The Morgan fingerprint density at radius 3 is 1.44 bits per heavy atom. The standard InChI is InChI=1S/C47H60BrNO/c1-3-5-7-9-11-13-15-23-33-47(34-24-16-14-12-10-8-6-4-2)44-35-38(46(50)37-48)29-31-42(44)43-32-30-41(36-45(43)47)49(39-25-19-17-20-26-39)40-27-21-18-22-28-40/h17-22,25-32,35-36H,3-16,23-24,33-34,37H2,1-2H3. The summed E-state index contributed by atoms with van der Waals surface area (Å²) in [5, 5.41) is 0.356. The minimum absolute atomic E-state index is 0.104. The van der Waals surface area contributed by atoms with Gasteiger partial charge in [0.15, 0.2) is 5.78 Å². The molecular weight excluding hydrogens is 674 g/mol. The molecule has 0 amide bonds. The molecule has 0 spiro atoms. The van der Waals surface area contributed by atoms with Crippen molar-refractivity contribution in [2.45, 2.75) is 135 Å². The molecule has 3 heteroatoms. The number of fused-ring (bicyclic) bond motifs is 3. The van der Waals surface area contributed by atoms with Gasteiger partial charge in [-0.3, -0.25) is 4.79 Å². The molecule has 0 aromatic heterocycles. The van der Waals surface area contributed by atoms with Gasteiger partial charge < -0.3 is 4.90 Å². The van der Waals surface area contributed by atoms with E-state index in [0.717, 1.165) is 29.8 Å². The summed E-state index contributed by atoms with van der Waals surface area (Å²) in [7, 11) is 0. The number of nitrogens with zero attached hydrogens (tertiary/aromatic N) is 1. The van der Waals surface area contributed by atoms with Crippen molar-refractivity contribution in [3.05, 3.63) is 114 Å². The Kier molecular flexibility index (Phi) is 15.2. The topological polar surface area (TPSA) is 20.3 Å². The molecule has 4 aromatic rings. The maximum absolute atomic E-state index is 13.1. The third-order valence-corrected chi connectivity index (χ3v) is 11.5. The van der Waals surface area contributed by atoms with E-state index in [9.17, 15) is 4.79 Å². The number of hydrogen-bond donors (Lipinski definition) is 0. The van der Waals surface area contributed by atoms with E-state index >= 15 is 0 Å². The number of anilines is 3. The Bertz CT molecular complexity index is 1540. The maximum atomic E-state index is 13.1. The first-order chi connectivity index (χ1) is 24.6. The van der Waals surface area contributed by atoms with Crippen molar-refractivity contribution < 1.29 is 4.79 Å². The molecule has 1 aliphatic rings. The van der Waals surface area contributed by atoms with E-state index in [1.807, 2.05) is 0 Å². The average molecular weight is 735 g/mol. The quantitative estimate of drug-likeness (QED) is 0.0430. The van der Waals surface area contributed by atoms with Crippen molar-refractivity contribution in [3.63, 3.8) is 0 Å². The number of para-hydroxylation sites is 2. The monoisotopic (exact) mass is 733 g/mol. The first-order valence-corrected chi connectivity index (χ1v) is 21.0. The van der Waals surface area contributed by atoms with E-state index in [4.69, 9.17) is 0 Å². The smallest absolute Gasteiger partial charge is 0.173 e. The Labute approximate surface area is 312 Å². The number of alkyl halides is 1. The summed E-state index contributed by atoms with van der Waals surface area (Å²) in [5.41, 5.74) is 9.76. The van der Waals surface area contributed by atoms with Gasteiger partial charge in [0, 0.05) is 28.0 Å². The number of benzene rings is 4. The van der Waals surface area contributed by atoms with Gasteiger partial charge >= 0.3 is 0 Å². The van der Waals surface area contributed by atoms with Crippen LogP contribution in [0.15, 0.2) is 97.1 Å². The molecule has 0 N–H and O–H groups in total. The zero-order valence-electron chi connectivity index (χ0n) is 30.9. The van der Waals surface area contributed by atoms with Gasteiger partial charge in [-0.15, -0.1) is 0 Å². The van der Waals surface area contributed by atoms with Crippen LogP contribution in [-0.4, -0.2) is 11.1 Å². The fourth-order valence-corrected chi connectivity index (χ4v) is 8.58. The van der Waals surface area contributed by atoms with Gasteiger partial charge in [-0.1, -0.05) is 187 Å². The number of unbranched alkanes of at least 4 members (excludes halogenated alkanes) is 14. The first kappa shape index (κ1) is 38.1. The van der Waals surface area contributed by atoms with Crippen molar-refractivity contribution in [1.82, 2.24) is 0 Å². The molecule has 0 bridgehead atoms. The fraction of sp³-hybridized carbons (Fsp3) is 0.468. The van der Waals surface area contributed by atoms with Crippen molar-refractivity contribution in [2.24, 2.45) is 0 Å². The Morgan fingerprint density at radius 2 is 0.960 bits per heavy atom. The van der Waals surface area contributed by atoms with Gasteiger partial charge in [0.25, 0.3) is 0 Å². The normalized spacial score (nSPS) is 12.9. The van der Waals surface area contributed by atoms with Gasteiger partial charge in [0.05, 0.1) is 5.33 Å². The number of Topliss-reactive ketones (excluding diaryl/α,β-unsaturated/α-hetero) is 1. The van der Waals surface area contributed by atoms with Crippen LogP contribution in [0.4, 0.5) is 17.1 Å². The van der Waals surface area contributed by atoms with Gasteiger partial charge in [0.2, 0.25) is 0 Å². The van der Waals surface area contributed by atoms with Crippen LogP contribution in [0, 0.1) is 0 Å². The molecule has 4 aromatic carbocycles. The van der Waals surface area contributed by atoms with Crippen LogP contribution in [-0.2, 0) is 5.41 Å². The highest BCUT2D eigenvalue weighted by Crippen LogP contribution is 2.56. The molecule has 0 fully saturated rings. The third-order valence-electron chi connectivity index (χ3n) is 11.0. The largest absolute Gasteiger partial charge is 0.310 e. The highest BCUT2D eigenvalue weighted by Gasteiger charge is 2.43. The molecule has 0 aliphatic heterocycles. The summed E-state index contributed by atoms with van der Waals surface area (Å²) >= 11 is 3.47. The molecule has 50 heavy (non-hydrogen) atoms. The van der Waals surface area contributed by atoms with Crippen LogP contribution in [0.25, 0.3) is 11.1 Å². The lowest BCUT2D eigenvalue weighted by molar-refractivity contribution is 0.102. The van der Waals surface area contributed by atoms with Gasteiger partial charge in [0.1, 0.15) is 0 Å². The average Bonchev–Trinajstić information content (AvgIpc) is 3.42. The van der Waals surface area contributed by atoms with Crippen LogP contribution in [0.1, 0.15) is 151 Å². The summed E-state index contributed by atoms with van der Waals surface area (Å²) in [6.07, 6.45) is 23.3. The first-order valence-electron chi connectivity index (χ1n) is 19.9. The molecule has 0 atom stereocenters.